The highest BCUT2D eigenvalue weighted by atomic mass is 32.2. The fourth-order valence-electron chi connectivity index (χ4n) is 4.97. The van der Waals surface area contributed by atoms with E-state index in [4.69, 9.17) is 0 Å². The SMILES string of the molecule is CCCCCCCCS(=O)(=O)Nc1ccc(NS(=O)(=O)CCCCCCCC)c2c1C(=O)c1ccccc1C2=O. The number of carbonyl (C=O) groups excluding carboxylic acids is 2. The number of hydrogen-bond acceptors (Lipinski definition) is 6. The van der Waals surface area contributed by atoms with Gasteiger partial charge < -0.3 is 0 Å². The second kappa shape index (κ2) is 14.8. The van der Waals surface area contributed by atoms with Crippen LogP contribution in [0.15, 0.2) is 36.4 Å². The second-order valence-corrected chi connectivity index (χ2v) is 14.2. The summed E-state index contributed by atoms with van der Waals surface area (Å²) < 4.78 is 56.7. The summed E-state index contributed by atoms with van der Waals surface area (Å²) in [5.74, 6) is -1.28. The molecule has 0 heterocycles. The average molecular weight is 591 g/mol. The minimum absolute atomic E-state index is 0.0206. The molecule has 0 spiro atoms. The molecule has 40 heavy (non-hydrogen) atoms. The highest BCUT2D eigenvalue weighted by molar-refractivity contribution is 7.93. The molecule has 0 saturated heterocycles. The van der Waals surface area contributed by atoms with Crippen LogP contribution in [0.3, 0.4) is 0 Å². The third-order valence-corrected chi connectivity index (χ3v) is 9.85. The smallest absolute Gasteiger partial charge is 0.232 e. The van der Waals surface area contributed by atoms with Gasteiger partial charge in [-0.2, -0.15) is 0 Å². The van der Waals surface area contributed by atoms with E-state index in [1.807, 2.05) is 0 Å². The lowest BCUT2D eigenvalue weighted by molar-refractivity contribution is 0.0980. The third kappa shape index (κ3) is 8.64. The minimum Gasteiger partial charge on any atom is -0.288 e. The number of carbonyl (C=O) groups is 2. The van der Waals surface area contributed by atoms with Gasteiger partial charge in [0.2, 0.25) is 20.0 Å². The first-order valence-electron chi connectivity index (χ1n) is 14.5. The van der Waals surface area contributed by atoms with Crippen molar-refractivity contribution in [2.24, 2.45) is 0 Å². The van der Waals surface area contributed by atoms with Gasteiger partial charge in [0.1, 0.15) is 0 Å². The molecular weight excluding hydrogens is 548 g/mol. The number of rotatable bonds is 18. The van der Waals surface area contributed by atoms with E-state index in [1.165, 1.54) is 24.3 Å². The van der Waals surface area contributed by atoms with Gasteiger partial charge in [-0.15, -0.1) is 0 Å². The molecule has 2 aromatic carbocycles. The van der Waals surface area contributed by atoms with Gasteiger partial charge in [0.05, 0.1) is 34.0 Å². The molecule has 0 amide bonds. The molecule has 0 aliphatic heterocycles. The van der Waals surface area contributed by atoms with Gasteiger partial charge in [-0.3, -0.25) is 19.0 Å². The largest absolute Gasteiger partial charge is 0.288 e. The van der Waals surface area contributed by atoms with Crippen molar-refractivity contribution in [1.82, 2.24) is 0 Å². The average Bonchev–Trinajstić information content (AvgIpc) is 2.91. The third-order valence-electron chi connectivity index (χ3n) is 7.14. The molecule has 0 aromatic heterocycles. The number of benzene rings is 2. The number of sulfonamides is 2. The van der Waals surface area contributed by atoms with Crippen LogP contribution in [0.25, 0.3) is 0 Å². The van der Waals surface area contributed by atoms with E-state index in [0.717, 1.165) is 64.2 Å². The molecule has 1 aliphatic rings. The lowest BCUT2D eigenvalue weighted by Crippen LogP contribution is -2.27. The van der Waals surface area contributed by atoms with Gasteiger partial charge >= 0.3 is 0 Å². The van der Waals surface area contributed by atoms with E-state index in [0.29, 0.717) is 12.8 Å². The van der Waals surface area contributed by atoms with Gasteiger partial charge in [0, 0.05) is 11.1 Å². The monoisotopic (exact) mass is 590 g/mol. The molecule has 3 rings (SSSR count). The number of anilines is 2. The van der Waals surface area contributed by atoms with Crippen molar-refractivity contribution < 1.29 is 26.4 Å². The lowest BCUT2D eigenvalue weighted by Gasteiger charge is -2.23. The summed E-state index contributed by atoms with van der Waals surface area (Å²) in [6.07, 6.45) is 11.0. The van der Waals surface area contributed by atoms with Crippen molar-refractivity contribution in [3.63, 3.8) is 0 Å². The number of hydrogen-bond donors (Lipinski definition) is 2. The van der Waals surface area contributed by atoms with Crippen molar-refractivity contribution >= 4 is 43.0 Å². The normalized spacial score (nSPS) is 13.2. The molecule has 0 radical (unpaired) electrons. The molecule has 8 nitrogen and oxygen atoms in total. The first-order valence-corrected chi connectivity index (χ1v) is 17.8. The van der Waals surface area contributed by atoms with Crippen molar-refractivity contribution in [3.8, 4) is 0 Å². The van der Waals surface area contributed by atoms with Crippen LogP contribution < -0.4 is 9.44 Å². The van der Waals surface area contributed by atoms with Crippen LogP contribution in [0.4, 0.5) is 11.4 Å². The van der Waals surface area contributed by atoms with Crippen molar-refractivity contribution in [2.75, 3.05) is 20.9 Å². The Kier molecular flexibility index (Phi) is 11.7. The highest BCUT2D eigenvalue weighted by Crippen LogP contribution is 2.37. The van der Waals surface area contributed by atoms with E-state index in [-0.39, 0.29) is 45.1 Å². The number of nitrogens with one attached hydrogen (secondary N) is 2. The molecule has 0 saturated carbocycles. The maximum atomic E-state index is 13.6. The van der Waals surface area contributed by atoms with Crippen LogP contribution in [0.2, 0.25) is 0 Å². The Morgan fingerprint density at radius 3 is 1.25 bits per heavy atom. The van der Waals surface area contributed by atoms with E-state index >= 15 is 0 Å². The Morgan fingerprint density at radius 1 is 0.525 bits per heavy atom. The van der Waals surface area contributed by atoms with Crippen molar-refractivity contribution in [2.45, 2.75) is 90.9 Å². The summed E-state index contributed by atoms with van der Waals surface area (Å²) in [4.78, 5) is 27.1. The number of fused-ring (bicyclic) bond motifs is 2. The molecule has 0 atom stereocenters. The number of unbranched alkanes of at least 4 members (excludes halogenated alkanes) is 10. The van der Waals surface area contributed by atoms with E-state index < -0.39 is 31.6 Å². The van der Waals surface area contributed by atoms with Crippen LogP contribution in [-0.2, 0) is 20.0 Å². The zero-order valence-electron chi connectivity index (χ0n) is 23.6. The Morgan fingerprint density at radius 2 is 0.875 bits per heavy atom. The van der Waals surface area contributed by atoms with Crippen LogP contribution in [0.1, 0.15) is 123 Å². The van der Waals surface area contributed by atoms with E-state index in [2.05, 4.69) is 23.3 Å². The predicted octanol–water partition coefficient (Wildman–Crippen LogP) is 6.67. The Balaban J connectivity index is 1.86. The molecule has 220 valence electrons. The zero-order chi connectivity index (χ0) is 29.2. The molecular formula is C30H42N2O6S2. The first kappa shape index (κ1) is 31.8. The fraction of sp³-hybridized carbons (Fsp3) is 0.533. The number of ketones is 2. The van der Waals surface area contributed by atoms with Gasteiger partial charge in [-0.1, -0.05) is 102 Å². The summed E-state index contributed by atoms with van der Waals surface area (Å²) in [6, 6.07) is 9.01. The summed E-state index contributed by atoms with van der Waals surface area (Å²) in [5.41, 5.74) is 0.0114. The van der Waals surface area contributed by atoms with Crippen LogP contribution in [-0.4, -0.2) is 39.9 Å². The predicted molar refractivity (Wildman–Crippen MR) is 161 cm³/mol. The van der Waals surface area contributed by atoms with E-state index in [1.54, 1.807) is 12.1 Å². The summed E-state index contributed by atoms with van der Waals surface area (Å²) in [6.45, 7) is 4.23. The van der Waals surface area contributed by atoms with E-state index in [9.17, 15) is 26.4 Å². The molecule has 2 aromatic rings. The highest BCUT2D eigenvalue weighted by Gasteiger charge is 2.35. The van der Waals surface area contributed by atoms with Gasteiger partial charge in [-0.25, -0.2) is 16.8 Å². The van der Waals surface area contributed by atoms with Gasteiger partial charge in [0.15, 0.2) is 11.6 Å². The van der Waals surface area contributed by atoms with Crippen LogP contribution >= 0.6 is 0 Å². The second-order valence-electron chi connectivity index (χ2n) is 10.5. The molecule has 1 aliphatic carbocycles. The summed E-state index contributed by atoms with van der Waals surface area (Å²) in [5, 5.41) is 0. The Bertz CT molecular complexity index is 1300. The molecule has 0 unspecified atom stereocenters. The fourth-order valence-corrected chi connectivity index (χ4v) is 7.36. The molecule has 10 heteroatoms. The maximum absolute atomic E-state index is 13.6. The van der Waals surface area contributed by atoms with Crippen LogP contribution in [0, 0.1) is 0 Å². The molecule has 0 bridgehead atoms. The van der Waals surface area contributed by atoms with Gasteiger partial charge in [0.25, 0.3) is 0 Å². The first-order chi connectivity index (χ1) is 19.1. The zero-order valence-corrected chi connectivity index (χ0v) is 25.3. The molecule has 2 N–H and O–H groups in total. The Hall–Kier alpha value is -2.72. The standard InChI is InChI=1S/C30H42N2O6S2/c1-3-5-7-9-11-15-21-39(35,36)31-25-19-20-26(32-40(37,38)22-16-12-10-8-6-4-2)28-27(25)29(33)23-17-13-14-18-24(23)30(28)34/h13-14,17-20,31-32H,3-12,15-16,21-22H2,1-2H3. The quantitative estimate of drug-likeness (QED) is 0.159. The van der Waals surface area contributed by atoms with Gasteiger partial charge in [-0.05, 0) is 25.0 Å². The minimum atomic E-state index is -3.80. The molecule has 0 fully saturated rings. The topological polar surface area (TPSA) is 126 Å². The summed E-state index contributed by atoms with van der Waals surface area (Å²) in [7, 11) is -7.60. The lowest BCUT2D eigenvalue weighted by atomic mass is 9.82. The maximum Gasteiger partial charge on any atom is 0.232 e. The summed E-state index contributed by atoms with van der Waals surface area (Å²) >= 11 is 0. The van der Waals surface area contributed by atoms with Crippen molar-refractivity contribution in [3.05, 3.63) is 58.7 Å². The Labute approximate surface area is 239 Å². The van der Waals surface area contributed by atoms with Crippen molar-refractivity contribution in [1.29, 1.82) is 0 Å². The van der Waals surface area contributed by atoms with Crippen LogP contribution in [0.5, 0.6) is 0 Å².